The number of rotatable bonds is 12. The minimum Gasteiger partial charge on any atom is -0.480 e. The number of hydrogen-bond donors (Lipinski definition) is 5. The Kier molecular flexibility index (Phi) is 9.81. The van der Waals surface area contributed by atoms with Gasteiger partial charge in [0, 0.05) is 12.8 Å². The van der Waals surface area contributed by atoms with E-state index in [0.29, 0.717) is 6.42 Å². The molecule has 0 aliphatic carbocycles. The van der Waals surface area contributed by atoms with Gasteiger partial charge in [0.05, 0.1) is 6.04 Å². The van der Waals surface area contributed by atoms with E-state index in [1.807, 2.05) is 13.8 Å². The summed E-state index contributed by atoms with van der Waals surface area (Å²) in [6.07, 6.45) is 0.292. The number of amides is 3. The van der Waals surface area contributed by atoms with Crippen LogP contribution in [0.15, 0.2) is 30.3 Å². The number of primary amides is 1. The van der Waals surface area contributed by atoms with E-state index in [9.17, 15) is 24.3 Å². The van der Waals surface area contributed by atoms with Gasteiger partial charge in [-0.2, -0.15) is 0 Å². The molecule has 0 spiro atoms. The molecule has 1 rings (SSSR count). The van der Waals surface area contributed by atoms with Gasteiger partial charge in [0.2, 0.25) is 17.7 Å². The van der Waals surface area contributed by atoms with E-state index in [-0.39, 0.29) is 25.2 Å². The molecule has 0 saturated heterocycles. The van der Waals surface area contributed by atoms with Crippen LogP contribution in [0.3, 0.4) is 0 Å². The largest absolute Gasteiger partial charge is 0.480 e. The highest BCUT2D eigenvalue weighted by molar-refractivity contribution is 5.92. The highest BCUT2D eigenvalue weighted by Gasteiger charge is 2.28. The van der Waals surface area contributed by atoms with E-state index < -0.39 is 41.8 Å². The van der Waals surface area contributed by atoms with Crippen LogP contribution in [0.2, 0.25) is 0 Å². The summed E-state index contributed by atoms with van der Waals surface area (Å²) in [6, 6.07) is 5.70. The fourth-order valence-electron chi connectivity index (χ4n) is 2.77. The van der Waals surface area contributed by atoms with Gasteiger partial charge in [-0.05, 0) is 24.3 Å². The second kappa shape index (κ2) is 11.8. The molecule has 0 fully saturated rings. The molecule has 7 N–H and O–H groups in total. The maximum atomic E-state index is 12.7. The minimum atomic E-state index is -1.21. The van der Waals surface area contributed by atoms with Crippen molar-refractivity contribution in [3.05, 3.63) is 35.9 Å². The summed E-state index contributed by atoms with van der Waals surface area (Å²) in [5, 5.41) is 14.4. The summed E-state index contributed by atoms with van der Waals surface area (Å²) in [7, 11) is 0. The lowest BCUT2D eigenvalue weighted by Crippen LogP contribution is -2.55. The molecule has 0 saturated carbocycles. The Balaban J connectivity index is 2.86. The molecule has 160 valence electrons. The average molecular weight is 406 g/mol. The number of carboxylic acids is 1. The molecular formula is C20H30N4O5. The topological polar surface area (TPSA) is 165 Å². The highest BCUT2D eigenvalue weighted by atomic mass is 16.4. The molecule has 0 bridgehead atoms. The number of nitrogens with one attached hydrogen (secondary N) is 2. The van der Waals surface area contributed by atoms with Gasteiger partial charge in [0.15, 0.2) is 0 Å². The van der Waals surface area contributed by atoms with Crippen molar-refractivity contribution in [3.8, 4) is 0 Å². The Bertz CT molecular complexity index is 708. The van der Waals surface area contributed by atoms with Crippen LogP contribution < -0.4 is 22.1 Å². The van der Waals surface area contributed by atoms with Gasteiger partial charge in [-0.1, -0.05) is 44.2 Å². The Morgan fingerprint density at radius 3 is 2.10 bits per heavy atom. The maximum absolute atomic E-state index is 12.7. The van der Waals surface area contributed by atoms with Gasteiger partial charge >= 0.3 is 5.97 Å². The molecule has 0 aromatic heterocycles. The number of carboxylic acid groups (broad SMARTS) is 1. The Hall–Kier alpha value is -2.94. The molecule has 1 aromatic rings. The molecule has 0 aliphatic rings. The highest BCUT2D eigenvalue weighted by Crippen LogP contribution is 2.07. The molecule has 0 unspecified atom stereocenters. The van der Waals surface area contributed by atoms with Crippen molar-refractivity contribution >= 4 is 23.7 Å². The van der Waals surface area contributed by atoms with Crippen LogP contribution in [0.25, 0.3) is 0 Å². The summed E-state index contributed by atoms with van der Waals surface area (Å²) in [4.78, 5) is 47.7. The number of nitrogens with two attached hydrogens (primary N) is 2. The molecular weight excluding hydrogens is 376 g/mol. The Morgan fingerprint density at radius 1 is 1.00 bits per heavy atom. The summed E-state index contributed by atoms with van der Waals surface area (Å²) in [5.74, 6) is -2.92. The zero-order chi connectivity index (χ0) is 22.0. The second-order valence-corrected chi connectivity index (χ2v) is 7.39. The lowest BCUT2D eigenvalue weighted by molar-refractivity contribution is -0.142. The number of carbonyl (C=O) groups excluding carboxylic acids is 3. The first-order valence-electron chi connectivity index (χ1n) is 9.51. The summed E-state index contributed by atoms with van der Waals surface area (Å²) < 4.78 is 0. The second-order valence-electron chi connectivity index (χ2n) is 7.39. The van der Waals surface area contributed by atoms with Crippen LogP contribution >= 0.6 is 0 Å². The Morgan fingerprint density at radius 2 is 1.59 bits per heavy atom. The predicted molar refractivity (Wildman–Crippen MR) is 108 cm³/mol. The van der Waals surface area contributed by atoms with E-state index >= 15 is 0 Å². The van der Waals surface area contributed by atoms with Crippen molar-refractivity contribution in [1.29, 1.82) is 0 Å². The van der Waals surface area contributed by atoms with Crippen molar-refractivity contribution in [3.63, 3.8) is 0 Å². The summed E-state index contributed by atoms with van der Waals surface area (Å²) >= 11 is 0. The van der Waals surface area contributed by atoms with Gasteiger partial charge < -0.3 is 27.2 Å². The van der Waals surface area contributed by atoms with Crippen molar-refractivity contribution in [2.75, 3.05) is 0 Å². The van der Waals surface area contributed by atoms with Crippen LogP contribution in [0.1, 0.15) is 38.7 Å². The van der Waals surface area contributed by atoms with E-state index in [4.69, 9.17) is 11.5 Å². The molecule has 0 aliphatic heterocycles. The van der Waals surface area contributed by atoms with E-state index in [1.165, 1.54) is 0 Å². The summed E-state index contributed by atoms with van der Waals surface area (Å²) in [5.41, 5.74) is 11.7. The number of aliphatic carboxylic acids is 1. The van der Waals surface area contributed by atoms with Crippen molar-refractivity contribution in [2.24, 2.45) is 17.4 Å². The molecule has 9 nitrogen and oxygen atoms in total. The summed E-state index contributed by atoms with van der Waals surface area (Å²) in [6.45, 7) is 3.82. The fourth-order valence-corrected chi connectivity index (χ4v) is 2.77. The van der Waals surface area contributed by atoms with Crippen LogP contribution in [0, 0.1) is 5.92 Å². The minimum absolute atomic E-state index is 0.0566. The number of benzene rings is 1. The van der Waals surface area contributed by atoms with Gasteiger partial charge in [-0.3, -0.25) is 14.4 Å². The first-order valence-corrected chi connectivity index (χ1v) is 9.51. The fraction of sp³-hybridized carbons (Fsp3) is 0.500. The third-order valence-corrected chi connectivity index (χ3v) is 4.27. The average Bonchev–Trinajstić information content (AvgIpc) is 2.64. The van der Waals surface area contributed by atoms with Gasteiger partial charge in [0.1, 0.15) is 12.1 Å². The van der Waals surface area contributed by atoms with Crippen molar-refractivity contribution in [1.82, 2.24) is 10.6 Å². The quantitative estimate of drug-likeness (QED) is 0.326. The normalized spacial score (nSPS) is 13.9. The zero-order valence-corrected chi connectivity index (χ0v) is 16.8. The van der Waals surface area contributed by atoms with Gasteiger partial charge in [-0.15, -0.1) is 0 Å². The molecule has 29 heavy (non-hydrogen) atoms. The smallest absolute Gasteiger partial charge is 0.326 e. The third kappa shape index (κ3) is 9.20. The van der Waals surface area contributed by atoms with Crippen molar-refractivity contribution in [2.45, 2.75) is 57.7 Å². The maximum Gasteiger partial charge on any atom is 0.326 e. The number of hydrogen-bond acceptors (Lipinski definition) is 5. The molecule has 0 heterocycles. The zero-order valence-electron chi connectivity index (χ0n) is 16.8. The van der Waals surface area contributed by atoms with Crippen LogP contribution in [-0.2, 0) is 25.6 Å². The van der Waals surface area contributed by atoms with E-state index in [0.717, 1.165) is 5.56 Å². The van der Waals surface area contributed by atoms with Crippen LogP contribution in [0.5, 0.6) is 0 Å². The van der Waals surface area contributed by atoms with Gasteiger partial charge in [0.25, 0.3) is 0 Å². The lowest BCUT2D eigenvalue weighted by Gasteiger charge is -2.23. The predicted octanol–water partition coefficient (Wildman–Crippen LogP) is -0.0778. The Labute approximate surface area is 170 Å². The van der Waals surface area contributed by atoms with E-state index in [2.05, 4.69) is 10.6 Å². The molecule has 3 atom stereocenters. The SMILES string of the molecule is CC(C)C[C@H](N)C(=O)N[C@@H](CCC(N)=O)C(=O)N[C@@H](Cc1ccccc1)C(=O)O. The standard InChI is InChI=1S/C20H30N4O5/c1-12(2)10-14(21)18(26)23-15(8-9-17(22)25)19(27)24-16(20(28)29)11-13-6-4-3-5-7-13/h3-7,12,14-16H,8-11,21H2,1-2H3,(H2,22,25)(H,23,26)(H,24,27)(H,28,29)/t14-,15-,16-/m0/s1. The lowest BCUT2D eigenvalue weighted by atomic mass is 10.0. The molecule has 3 amide bonds. The molecule has 0 radical (unpaired) electrons. The molecule has 1 aromatic carbocycles. The van der Waals surface area contributed by atoms with E-state index in [1.54, 1.807) is 30.3 Å². The molecule has 9 heteroatoms. The first-order chi connectivity index (χ1) is 13.6. The third-order valence-electron chi connectivity index (χ3n) is 4.27. The van der Waals surface area contributed by atoms with Crippen LogP contribution in [-0.4, -0.2) is 46.9 Å². The first kappa shape index (κ1) is 24.1. The number of carbonyl (C=O) groups is 4. The van der Waals surface area contributed by atoms with Crippen molar-refractivity contribution < 1.29 is 24.3 Å². The van der Waals surface area contributed by atoms with Gasteiger partial charge in [-0.25, -0.2) is 4.79 Å². The van der Waals surface area contributed by atoms with Crippen LogP contribution in [0.4, 0.5) is 0 Å². The monoisotopic (exact) mass is 406 g/mol.